The Morgan fingerprint density at radius 2 is 2.03 bits per heavy atom. The smallest absolute Gasteiger partial charge is 0.315 e. The van der Waals surface area contributed by atoms with Crippen LogP contribution in [0, 0.1) is 0 Å². The van der Waals surface area contributed by atoms with Gasteiger partial charge in [-0.25, -0.2) is 4.79 Å². The first kappa shape index (κ1) is 20.8. The van der Waals surface area contributed by atoms with Crippen LogP contribution < -0.4 is 10.6 Å². The molecule has 1 saturated heterocycles. The average Bonchev–Trinajstić information content (AvgIpc) is 3.38. The summed E-state index contributed by atoms with van der Waals surface area (Å²) in [6.07, 6.45) is 5.15. The Bertz CT molecular complexity index is 1060. The molecule has 0 saturated carbocycles. The summed E-state index contributed by atoms with van der Waals surface area (Å²) in [7, 11) is 0. The lowest BCUT2D eigenvalue weighted by Gasteiger charge is -2.18. The normalized spacial score (nSPS) is 14.7. The van der Waals surface area contributed by atoms with Gasteiger partial charge in [-0.15, -0.1) is 10.2 Å². The number of amides is 3. The van der Waals surface area contributed by atoms with Crippen LogP contribution in [0.2, 0.25) is 0 Å². The number of fused-ring (bicyclic) bond motifs is 1. The molecular formula is C23H28N6O2. The van der Waals surface area contributed by atoms with E-state index in [-0.39, 0.29) is 18.0 Å². The predicted molar refractivity (Wildman–Crippen MR) is 117 cm³/mol. The molecule has 162 valence electrons. The molecule has 31 heavy (non-hydrogen) atoms. The number of pyridine rings is 1. The minimum Gasteiger partial charge on any atom is -0.338 e. The van der Waals surface area contributed by atoms with E-state index in [2.05, 4.69) is 27.8 Å². The fourth-order valence-corrected chi connectivity index (χ4v) is 3.97. The summed E-state index contributed by atoms with van der Waals surface area (Å²) in [5.74, 6) is 0.941. The van der Waals surface area contributed by atoms with Gasteiger partial charge in [0.15, 0.2) is 11.5 Å². The maximum Gasteiger partial charge on any atom is 0.315 e. The summed E-state index contributed by atoms with van der Waals surface area (Å²) in [6.45, 7) is 3.93. The molecular weight excluding hydrogens is 392 g/mol. The lowest BCUT2D eigenvalue weighted by Crippen LogP contribution is -2.38. The zero-order chi connectivity index (χ0) is 21.6. The summed E-state index contributed by atoms with van der Waals surface area (Å²) in [5.41, 5.74) is 2.84. The monoisotopic (exact) mass is 420 g/mol. The van der Waals surface area contributed by atoms with Crippen molar-refractivity contribution in [3.05, 3.63) is 65.6 Å². The highest BCUT2D eigenvalue weighted by atomic mass is 16.2. The van der Waals surface area contributed by atoms with Gasteiger partial charge in [-0.05, 0) is 36.1 Å². The molecule has 1 aromatic carbocycles. The van der Waals surface area contributed by atoms with E-state index in [1.807, 2.05) is 58.0 Å². The second kappa shape index (κ2) is 9.59. The third kappa shape index (κ3) is 5.02. The van der Waals surface area contributed by atoms with Crippen molar-refractivity contribution in [2.24, 2.45) is 0 Å². The molecule has 2 N–H and O–H groups in total. The molecule has 3 amide bonds. The molecule has 8 heteroatoms. The number of likely N-dealkylation sites (tertiary alicyclic amines) is 1. The lowest BCUT2D eigenvalue weighted by molar-refractivity contribution is -0.128. The van der Waals surface area contributed by atoms with Crippen molar-refractivity contribution in [3.8, 4) is 0 Å². The van der Waals surface area contributed by atoms with Gasteiger partial charge in [0.05, 0.1) is 6.04 Å². The number of nitrogens with zero attached hydrogens (tertiary/aromatic N) is 4. The summed E-state index contributed by atoms with van der Waals surface area (Å²) in [4.78, 5) is 26.4. The van der Waals surface area contributed by atoms with Gasteiger partial charge >= 0.3 is 6.03 Å². The number of hydrogen-bond acceptors (Lipinski definition) is 4. The summed E-state index contributed by atoms with van der Waals surface area (Å²) in [6, 6.07) is 13.3. The Hall–Kier alpha value is -3.42. The third-order valence-electron chi connectivity index (χ3n) is 5.52. The predicted octanol–water partition coefficient (Wildman–Crippen LogP) is 3.19. The quantitative estimate of drug-likeness (QED) is 0.585. The summed E-state index contributed by atoms with van der Waals surface area (Å²) in [5, 5.41) is 14.5. The second-order valence-electron chi connectivity index (χ2n) is 7.89. The summed E-state index contributed by atoms with van der Waals surface area (Å²) < 4.78 is 1.91. The van der Waals surface area contributed by atoms with Crippen LogP contribution in [-0.2, 0) is 17.9 Å². The van der Waals surface area contributed by atoms with Crippen molar-refractivity contribution >= 4 is 17.6 Å². The van der Waals surface area contributed by atoms with E-state index in [0.29, 0.717) is 19.5 Å². The van der Waals surface area contributed by atoms with Crippen LogP contribution in [0.4, 0.5) is 4.79 Å². The first-order chi connectivity index (χ1) is 15.1. The number of carbonyl (C=O) groups excluding carboxylic acids is 2. The van der Waals surface area contributed by atoms with Gasteiger partial charge in [0.2, 0.25) is 5.91 Å². The topological polar surface area (TPSA) is 91.6 Å². The van der Waals surface area contributed by atoms with Gasteiger partial charge in [0.1, 0.15) is 0 Å². The Morgan fingerprint density at radius 1 is 1.16 bits per heavy atom. The number of urea groups is 1. The van der Waals surface area contributed by atoms with Crippen molar-refractivity contribution in [3.63, 3.8) is 0 Å². The number of aromatic nitrogens is 3. The van der Waals surface area contributed by atoms with Gasteiger partial charge in [-0.2, -0.15) is 0 Å². The highest BCUT2D eigenvalue weighted by Crippen LogP contribution is 2.18. The van der Waals surface area contributed by atoms with Crippen molar-refractivity contribution < 1.29 is 9.59 Å². The van der Waals surface area contributed by atoms with E-state index in [1.165, 1.54) is 0 Å². The van der Waals surface area contributed by atoms with Crippen molar-refractivity contribution in [2.75, 3.05) is 6.54 Å². The molecule has 0 radical (unpaired) electrons. The van der Waals surface area contributed by atoms with Crippen LogP contribution >= 0.6 is 0 Å². The minimum atomic E-state index is -0.244. The standard InChI is InChI=1S/C23H28N6O2/c1-2-7-19(22-27-26-20-10-3-4-13-29(20)22)25-23(31)24-15-17-8-5-9-18(14-17)16-28-12-6-11-21(28)30/h3-5,8-10,13-14,19H,2,6-7,11-12,15-16H2,1H3,(H2,24,25,31). The molecule has 1 fully saturated rings. The molecule has 3 heterocycles. The van der Waals surface area contributed by atoms with Gasteiger partial charge in [0.25, 0.3) is 0 Å². The molecule has 1 atom stereocenters. The SMILES string of the molecule is CCCC(NC(=O)NCc1cccc(CN2CCCC2=O)c1)c1nnc2ccccn12. The van der Waals surface area contributed by atoms with E-state index in [9.17, 15) is 9.59 Å². The molecule has 2 aromatic heterocycles. The number of carbonyl (C=O) groups is 2. The van der Waals surface area contributed by atoms with Crippen molar-refractivity contribution in [1.29, 1.82) is 0 Å². The highest BCUT2D eigenvalue weighted by molar-refractivity contribution is 5.78. The zero-order valence-corrected chi connectivity index (χ0v) is 17.8. The number of nitrogens with one attached hydrogen (secondary N) is 2. The maximum atomic E-state index is 12.6. The molecule has 0 bridgehead atoms. The Kier molecular flexibility index (Phi) is 6.45. The molecule has 4 rings (SSSR count). The van der Waals surface area contributed by atoms with Crippen LogP contribution in [0.15, 0.2) is 48.7 Å². The molecule has 8 nitrogen and oxygen atoms in total. The molecule has 0 aliphatic carbocycles. The molecule has 1 aliphatic rings. The van der Waals surface area contributed by atoms with E-state index >= 15 is 0 Å². The average molecular weight is 421 g/mol. The minimum absolute atomic E-state index is 0.214. The van der Waals surface area contributed by atoms with Gasteiger partial charge in [-0.1, -0.05) is 43.7 Å². The van der Waals surface area contributed by atoms with Gasteiger partial charge in [0, 0.05) is 32.3 Å². The van der Waals surface area contributed by atoms with E-state index in [1.54, 1.807) is 0 Å². The lowest BCUT2D eigenvalue weighted by atomic mass is 10.1. The molecule has 1 unspecified atom stereocenters. The van der Waals surface area contributed by atoms with Gasteiger partial charge < -0.3 is 15.5 Å². The van der Waals surface area contributed by atoms with Crippen molar-refractivity contribution in [2.45, 2.75) is 51.7 Å². The largest absolute Gasteiger partial charge is 0.338 e. The van der Waals surface area contributed by atoms with E-state index in [0.717, 1.165) is 48.4 Å². The first-order valence-electron chi connectivity index (χ1n) is 10.8. The zero-order valence-electron chi connectivity index (χ0n) is 17.8. The molecule has 0 spiro atoms. The Morgan fingerprint density at radius 3 is 2.84 bits per heavy atom. The highest BCUT2D eigenvalue weighted by Gasteiger charge is 2.21. The van der Waals surface area contributed by atoms with Crippen LogP contribution in [0.1, 0.15) is 55.6 Å². The Labute approximate surface area is 181 Å². The van der Waals surface area contributed by atoms with Crippen molar-refractivity contribution in [1.82, 2.24) is 30.1 Å². The number of benzene rings is 1. The third-order valence-corrected chi connectivity index (χ3v) is 5.52. The fourth-order valence-electron chi connectivity index (χ4n) is 3.97. The van der Waals surface area contributed by atoms with Crippen LogP contribution in [0.5, 0.6) is 0 Å². The Balaban J connectivity index is 1.36. The van der Waals surface area contributed by atoms with E-state index in [4.69, 9.17) is 0 Å². The van der Waals surface area contributed by atoms with Crippen LogP contribution in [0.3, 0.4) is 0 Å². The second-order valence-corrected chi connectivity index (χ2v) is 7.89. The van der Waals surface area contributed by atoms with Crippen LogP contribution in [-0.4, -0.2) is 38.0 Å². The molecule has 3 aromatic rings. The number of hydrogen-bond donors (Lipinski definition) is 2. The maximum absolute atomic E-state index is 12.6. The number of rotatable bonds is 8. The van der Waals surface area contributed by atoms with Crippen LogP contribution in [0.25, 0.3) is 5.65 Å². The fraction of sp³-hybridized carbons (Fsp3) is 0.391. The summed E-state index contributed by atoms with van der Waals surface area (Å²) >= 11 is 0. The van der Waals surface area contributed by atoms with E-state index < -0.39 is 0 Å². The molecule has 1 aliphatic heterocycles. The van der Waals surface area contributed by atoms with Gasteiger partial charge in [-0.3, -0.25) is 9.20 Å². The first-order valence-corrected chi connectivity index (χ1v) is 10.8.